The Hall–Kier alpha value is -1.36. The molecule has 0 aliphatic rings. The van der Waals surface area contributed by atoms with E-state index in [1.165, 1.54) is 15.2 Å². The second-order valence-corrected chi connectivity index (χ2v) is 5.95. The fourth-order valence-corrected chi connectivity index (χ4v) is 2.81. The number of hydrogen-bond acceptors (Lipinski definition) is 0. The van der Waals surface area contributed by atoms with Crippen LogP contribution >= 0.6 is 22.6 Å². The second kappa shape index (κ2) is 4.96. The van der Waals surface area contributed by atoms with Crippen LogP contribution in [0.25, 0.3) is 10.9 Å². The predicted octanol–water partition coefficient (Wildman–Crippen LogP) is 4.51. The molecule has 1 nitrogen and oxygen atoms in total. The zero-order valence-electron chi connectivity index (χ0n) is 10.5. The van der Waals surface area contributed by atoms with E-state index in [-0.39, 0.29) is 5.82 Å². The van der Waals surface area contributed by atoms with Crippen LogP contribution in [0.3, 0.4) is 0 Å². The normalized spacial score (nSPS) is 11.1. The molecule has 0 unspecified atom stereocenters. The fraction of sp³-hybridized carbons (Fsp3) is 0.125. The first-order valence-electron chi connectivity index (χ1n) is 6.12. The predicted molar refractivity (Wildman–Crippen MR) is 84.8 cm³/mol. The van der Waals surface area contributed by atoms with Crippen molar-refractivity contribution in [1.82, 2.24) is 4.57 Å². The van der Waals surface area contributed by atoms with Gasteiger partial charge in [0.25, 0.3) is 0 Å². The molecule has 0 aliphatic carbocycles. The molecule has 0 aliphatic heterocycles. The van der Waals surface area contributed by atoms with Crippen LogP contribution in [0.15, 0.2) is 48.7 Å². The Labute approximate surface area is 125 Å². The molecule has 0 radical (unpaired) electrons. The highest BCUT2D eigenvalue weighted by atomic mass is 127. The zero-order valence-corrected chi connectivity index (χ0v) is 12.7. The molecular weight excluding hydrogens is 352 g/mol. The van der Waals surface area contributed by atoms with Gasteiger partial charge in [-0.25, -0.2) is 4.39 Å². The van der Waals surface area contributed by atoms with Crippen LogP contribution in [0, 0.1) is 9.39 Å². The van der Waals surface area contributed by atoms with Gasteiger partial charge in [-0.2, -0.15) is 0 Å². The highest BCUT2D eigenvalue weighted by Crippen LogP contribution is 2.25. The summed E-state index contributed by atoms with van der Waals surface area (Å²) in [6.07, 6.45) is 2.78. The van der Waals surface area contributed by atoms with Crippen LogP contribution in [0.4, 0.5) is 4.39 Å². The molecule has 0 bridgehead atoms. The highest BCUT2D eigenvalue weighted by Gasteiger charge is 2.11. The minimum absolute atomic E-state index is 0.140. The molecular formula is C16H13FIN. The Balaban J connectivity index is 2.08. The molecule has 0 amide bonds. The van der Waals surface area contributed by atoms with E-state index in [9.17, 15) is 4.39 Å². The number of rotatable bonds is 2. The lowest BCUT2D eigenvalue weighted by atomic mass is 10.0. The second-order valence-electron chi connectivity index (χ2n) is 4.70. The van der Waals surface area contributed by atoms with Gasteiger partial charge < -0.3 is 4.57 Å². The number of hydrogen-bond donors (Lipinski definition) is 0. The molecule has 1 aromatic heterocycles. The van der Waals surface area contributed by atoms with E-state index in [1.54, 1.807) is 6.07 Å². The highest BCUT2D eigenvalue weighted by molar-refractivity contribution is 14.1. The average Bonchev–Trinajstić information content (AvgIpc) is 2.71. The van der Waals surface area contributed by atoms with Crippen molar-refractivity contribution in [3.8, 4) is 0 Å². The number of aromatic nitrogens is 1. The van der Waals surface area contributed by atoms with Crippen molar-refractivity contribution in [2.75, 3.05) is 0 Å². The largest absolute Gasteiger partial charge is 0.350 e. The van der Waals surface area contributed by atoms with Crippen LogP contribution in [-0.4, -0.2) is 4.57 Å². The third kappa shape index (κ3) is 2.39. The van der Waals surface area contributed by atoms with E-state index in [1.807, 2.05) is 23.9 Å². The van der Waals surface area contributed by atoms with Gasteiger partial charge in [-0.05, 0) is 64.4 Å². The molecule has 3 heteroatoms. The van der Waals surface area contributed by atoms with Gasteiger partial charge in [-0.15, -0.1) is 0 Å². The molecule has 0 saturated heterocycles. The van der Waals surface area contributed by atoms with Gasteiger partial charge in [-0.1, -0.05) is 18.2 Å². The maximum Gasteiger partial charge on any atom is 0.132 e. The number of fused-ring (bicyclic) bond motifs is 1. The average molecular weight is 365 g/mol. The van der Waals surface area contributed by atoms with Crippen molar-refractivity contribution >= 4 is 33.5 Å². The van der Waals surface area contributed by atoms with Gasteiger partial charge in [-0.3, -0.25) is 0 Å². The van der Waals surface area contributed by atoms with E-state index in [0.29, 0.717) is 0 Å². The molecule has 0 saturated carbocycles. The van der Waals surface area contributed by atoms with Crippen LogP contribution in [0.1, 0.15) is 11.1 Å². The van der Waals surface area contributed by atoms with E-state index in [2.05, 4.69) is 46.9 Å². The number of halogens is 2. The maximum absolute atomic E-state index is 14.0. The lowest BCUT2D eigenvalue weighted by Gasteiger charge is -2.01. The van der Waals surface area contributed by atoms with Crippen molar-refractivity contribution in [3.63, 3.8) is 0 Å². The lowest BCUT2D eigenvalue weighted by Crippen LogP contribution is -1.88. The van der Waals surface area contributed by atoms with Gasteiger partial charge >= 0.3 is 0 Å². The summed E-state index contributed by atoms with van der Waals surface area (Å²) in [5, 5.41) is 0.739. The Morgan fingerprint density at radius 2 is 1.84 bits per heavy atom. The van der Waals surface area contributed by atoms with Crippen LogP contribution in [0.2, 0.25) is 0 Å². The maximum atomic E-state index is 14.0. The van der Waals surface area contributed by atoms with Crippen LogP contribution in [-0.2, 0) is 13.5 Å². The summed E-state index contributed by atoms with van der Waals surface area (Å²) in [5.41, 5.74) is 3.19. The first-order valence-corrected chi connectivity index (χ1v) is 7.20. The van der Waals surface area contributed by atoms with Crippen molar-refractivity contribution in [2.24, 2.45) is 7.05 Å². The van der Waals surface area contributed by atoms with E-state index >= 15 is 0 Å². The van der Waals surface area contributed by atoms with Crippen molar-refractivity contribution in [3.05, 3.63) is 69.2 Å². The summed E-state index contributed by atoms with van der Waals surface area (Å²) in [6, 6.07) is 13.6. The van der Waals surface area contributed by atoms with Gasteiger partial charge in [0.1, 0.15) is 5.82 Å². The Morgan fingerprint density at radius 1 is 1.11 bits per heavy atom. The van der Waals surface area contributed by atoms with Crippen molar-refractivity contribution in [1.29, 1.82) is 0 Å². The summed E-state index contributed by atoms with van der Waals surface area (Å²) in [7, 11) is 1.96. The van der Waals surface area contributed by atoms with Gasteiger partial charge in [0, 0.05) is 22.2 Å². The first kappa shape index (κ1) is 12.7. The van der Waals surface area contributed by atoms with Gasteiger partial charge in [0.2, 0.25) is 0 Å². The standard InChI is InChI=1S/C16H13FIN/c1-19-10-12(9-11-5-7-13(18)8-6-11)16-14(17)3-2-4-15(16)19/h2-8,10H,9H2,1H3. The molecule has 1 heterocycles. The third-order valence-corrected chi connectivity index (χ3v) is 4.07. The summed E-state index contributed by atoms with van der Waals surface area (Å²) in [5.74, 6) is -0.140. The molecule has 2 aromatic carbocycles. The summed E-state index contributed by atoms with van der Waals surface area (Å²) >= 11 is 2.29. The summed E-state index contributed by atoms with van der Waals surface area (Å²) in [6.45, 7) is 0. The molecule has 0 atom stereocenters. The Bertz CT molecular complexity index is 728. The lowest BCUT2D eigenvalue weighted by molar-refractivity contribution is 0.639. The quantitative estimate of drug-likeness (QED) is 0.589. The topological polar surface area (TPSA) is 4.93 Å². The van der Waals surface area contributed by atoms with E-state index in [4.69, 9.17) is 0 Å². The summed E-state index contributed by atoms with van der Waals surface area (Å²) < 4.78 is 17.2. The first-order chi connectivity index (χ1) is 9.15. The summed E-state index contributed by atoms with van der Waals surface area (Å²) in [4.78, 5) is 0. The zero-order chi connectivity index (χ0) is 13.4. The van der Waals surface area contributed by atoms with E-state index in [0.717, 1.165) is 22.9 Å². The van der Waals surface area contributed by atoms with Crippen LogP contribution in [0.5, 0.6) is 0 Å². The van der Waals surface area contributed by atoms with E-state index < -0.39 is 0 Å². The Kier molecular flexibility index (Phi) is 3.31. The SMILES string of the molecule is Cn1cc(Cc2ccc(I)cc2)c2c(F)cccc21. The van der Waals surface area contributed by atoms with Crippen molar-refractivity contribution < 1.29 is 4.39 Å². The number of nitrogens with zero attached hydrogens (tertiary/aromatic N) is 1. The van der Waals surface area contributed by atoms with Crippen molar-refractivity contribution in [2.45, 2.75) is 6.42 Å². The molecule has 0 fully saturated rings. The third-order valence-electron chi connectivity index (χ3n) is 3.35. The van der Waals surface area contributed by atoms with Gasteiger partial charge in [0.15, 0.2) is 0 Å². The van der Waals surface area contributed by atoms with Gasteiger partial charge in [0.05, 0.1) is 5.52 Å². The molecule has 0 N–H and O–H groups in total. The monoisotopic (exact) mass is 365 g/mol. The molecule has 96 valence electrons. The fourth-order valence-electron chi connectivity index (χ4n) is 2.45. The molecule has 19 heavy (non-hydrogen) atoms. The Morgan fingerprint density at radius 3 is 2.58 bits per heavy atom. The number of aryl methyl sites for hydroxylation is 1. The van der Waals surface area contributed by atoms with Crippen LogP contribution < -0.4 is 0 Å². The smallest absolute Gasteiger partial charge is 0.132 e. The minimum Gasteiger partial charge on any atom is -0.350 e. The molecule has 3 rings (SSSR count). The minimum atomic E-state index is -0.140. The molecule has 3 aromatic rings. The molecule has 0 spiro atoms. The number of benzene rings is 2.